The minimum absolute atomic E-state index is 0.257. The second-order valence-electron chi connectivity index (χ2n) is 5.52. The van der Waals surface area contributed by atoms with Crippen LogP contribution in [0.2, 0.25) is 0 Å². The molecular formula is C16H28N2O. The van der Waals surface area contributed by atoms with E-state index < -0.39 is 0 Å². The Hall–Kier alpha value is -1.06. The number of hydrogen-bond acceptors (Lipinski definition) is 3. The van der Waals surface area contributed by atoms with Gasteiger partial charge in [0, 0.05) is 11.6 Å². The minimum Gasteiger partial charge on any atom is -0.508 e. The summed E-state index contributed by atoms with van der Waals surface area (Å²) in [5, 5.41) is 10.0. The fourth-order valence-electron chi connectivity index (χ4n) is 2.42. The van der Waals surface area contributed by atoms with Gasteiger partial charge in [-0.15, -0.1) is 0 Å². The van der Waals surface area contributed by atoms with Crippen LogP contribution in [0.5, 0.6) is 5.75 Å². The van der Waals surface area contributed by atoms with E-state index in [4.69, 9.17) is 0 Å². The summed E-state index contributed by atoms with van der Waals surface area (Å²) >= 11 is 0. The van der Waals surface area contributed by atoms with E-state index >= 15 is 0 Å². The molecule has 0 fully saturated rings. The third-order valence-electron chi connectivity index (χ3n) is 3.64. The minimum atomic E-state index is 0.257. The first-order valence-electron chi connectivity index (χ1n) is 7.14. The molecule has 3 heteroatoms. The molecule has 1 aromatic carbocycles. The number of benzene rings is 1. The van der Waals surface area contributed by atoms with Gasteiger partial charge in [0.1, 0.15) is 5.75 Å². The maximum absolute atomic E-state index is 10.0. The molecule has 1 rings (SSSR count). The van der Waals surface area contributed by atoms with E-state index in [0.29, 0.717) is 5.75 Å². The Morgan fingerprint density at radius 1 is 1.21 bits per heavy atom. The number of aromatic hydroxyl groups is 1. The van der Waals surface area contributed by atoms with Gasteiger partial charge in [-0.05, 0) is 60.1 Å². The lowest BCUT2D eigenvalue weighted by Gasteiger charge is -2.29. The zero-order valence-corrected chi connectivity index (χ0v) is 13.0. The van der Waals surface area contributed by atoms with Crippen molar-refractivity contribution in [3.8, 4) is 5.75 Å². The first kappa shape index (κ1) is 16.0. The lowest BCUT2D eigenvalue weighted by Crippen LogP contribution is -2.30. The van der Waals surface area contributed by atoms with E-state index in [2.05, 4.69) is 50.7 Å². The van der Waals surface area contributed by atoms with Crippen LogP contribution in [0.3, 0.4) is 0 Å². The Morgan fingerprint density at radius 3 is 2.47 bits per heavy atom. The monoisotopic (exact) mass is 264 g/mol. The van der Waals surface area contributed by atoms with Crippen LogP contribution in [0.4, 0.5) is 0 Å². The summed E-state index contributed by atoms with van der Waals surface area (Å²) in [7, 11) is 4.21. The number of nitrogens with zero attached hydrogens (tertiary/aromatic N) is 2. The molecule has 1 unspecified atom stereocenters. The number of rotatable bonds is 7. The van der Waals surface area contributed by atoms with Crippen molar-refractivity contribution < 1.29 is 5.11 Å². The first-order chi connectivity index (χ1) is 8.95. The average Bonchev–Trinajstić information content (AvgIpc) is 2.36. The summed E-state index contributed by atoms with van der Waals surface area (Å²) in [4.78, 5) is 4.63. The van der Waals surface area contributed by atoms with Gasteiger partial charge in [-0.3, -0.25) is 4.90 Å². The number of phenols is 1. The van der Waals surface area contributed by atoms with Gasteiger partial charge in [0.15, 0.2) is 0 Å². The molecule has 0 aliphatic carbocycles. The average molecular weight is 264 g/mol. The molecule has 19 heavy (non-hydrogen) atoms. The van der Waals surface area contributed by atoms with E-state index in [9.17, 15) is 5.11 Å². The summed E-state index contributed by atoms with van der Waals surface area (Å²) in [6.07, 6.45) is 1.15. The molecule has 108 valence electrons. The topological polar surface area (TPSA) is 26.7 Å². The Balaban J connectivity index is 2.71. The van der Waals surface area contributed by atoms with Crippen LogP contribution in [-0.4, -0.2) is 48.6 Å². The molecule has 1 aromatic rings. The van der Waals surface area contributed by atoms with Crippen molar-refractivity contribution in [2.24, 2.45) is 0 Å². The molecule has 0 saturated heterocycles. The van der Waals surface area contributed by atoms with Crippen LogP contribution < -0.4 is 0 Å². The van der Waals surface area contributed by atoms with Gasteiger partial charge in [-0.25, -0.2) is 0 Å². The molecule has 0 saturated carbocycles. The zero-order valence-electron chi connectivity index (χ0n) is 13.0. The van der Waals surface area contributed by atoms with Crippen molar-refractivity contribution in [1.82, 2.24) is 9.80 Å². The summed E-state index contributed by atoms with van der Waals surface area (Å²) in [6.45, 7) is 9.58. The lowest BCUT2D eigenvalue weighted by atomic mass is 10.0. The molecule has 0 radical (unpaired) electrons. The third kappa shape index (κ3) is 4.84. The highest BCUT2D eigenvalue weighted by atomic mass is 16.3. The van der Waals surface area contributed by atoms with Gasteiger partial charge < -0.3 is 10.0 Å². The quantitative estimate of drug-likeness (QED) is 0.820. The van der Waals surface area contributed by atoms with Gasteiger partial charge in [0.2, 0.25) is 0 Å². The van der Waals surface area contributed by atoms with E-state index in [1.54, 1.807) is 6.07 Å². The number of phenolic OH excluding ortho intramolecular Hbond substituents is 1. The molecule has 0 aliphatic heterocycles. The fraction of sp³-hybridized carbons (Fsp3) is 0.625. The van der Waals surface area contributed by atoms with Gasteiger partial charge in [-0.2, -0.15) is 0 Å². The highest BCUT2D eigenvalue weighted by Gasteiger charge is 2.17. The molecule has 0 amide bonds. The molecule has 3 nitrogen and oxygen atoms in total. The number of hydrogen-bond donors (Lipinski definition) is 1. The van der Waals surface area contributed by atoms with E-state index in [1.165, 1.54) is 5.56 Å². The summed E-state index contributed by atoms with van der Waals surface area (Å²) in [6, 6.07) is 6.10. The maximum atomic E-state index is 10.0. The second kappa shape index (κ2) is 7.51. The molecular weight excluding hydrogens is 236 g/mol. The van der Waals surface area contributed by atoms with Crippen LogP contribution in [0.25, 0.3) is 0 Å². The van der Waals surface area contributed by atoms with E-state index in [0.717, 1.165) is 31.6 Å². The second-order valence-corrected chi connectivity index (χ2v) is 5.52. The molecule has 0 spiro atoms. The first-order valence-corrected chi connectivity index (χ1v) is 7.14. The smallest absolute Gasteiger partial charge is 0.120 e. The molecule has 0 bridgehead atoms. The Morgan fingerprint density at radius 2 is 1.89 bits per heavy atom. The molecule has 0 heterocycles. The normalized spacial score (nSPS) is 13.2. The van der Waals surface area contributed by atoms with Gasteiger partial charge >= 0.3 is 0 Å². The highest BCUT2D eigenvalue weighted by Crippen LogP contribution is 2.29. The summed E-state index contributed by atoms with van der Waals surface area (Å²) in [5.74, 6) is 0.407. The van der Waals surface area contributed by atoms with Crippen molar-refractivity contribution in [3.05, 3.63) is 29.3 Å². The van der Waals surface area contributed by atoms with Crippen LogP contribution >= 0.6 is 0 Å². The largest absolute Gasteiger partial charge is 0.508 e. The molecule has 1 N–H and O–H groups in total. The Labute approximate surface area is 117 Å². The van der Waals surface area contributed by atoms with Gasteiger partial charge in [0.05, 0.1) is 0 Å². The van der Waals surface area contributed by atoms with Crippen LogP contribution in [0.1, 0.15) is 37.4 Å². The molecule has 0 aliphatic rings. The summed E-state index contributed by atoms with van der Waals surface area (Å²) in [5.41, 5.74) is 2.23. The van der Waals surface area contributed by atoms with Crippen LogP contribution in [-0.2, 0) is 0 Å². The van der Waals surface area contributed by atoms with Crippen molar-refractivity contribution in [1.29, 1.82) is 0 Å². The fourth-order valence-corrected chi connectivity index (χ4v) is 2.42. The van der Waals surface area contributed by atoms with Crippen LogP contribution in [0.15, 0.2) is 18.2 Å². The van der Waals surface area contributed by atoms with E-state index in [-0.39, 0.29) is 6.04 Å². The number of aryl methyl sites for hydroxylation is 1. The molecule has 1 atom stereocenters. The van der Waals surface area contributed by atoms with Gasteiger partial charge in [-0.1, -0.05) is 24.6 Å². The van der Waals surface area contributed by atoms with E-state index in [1.807, 2.05) is 6.07 Å². The van der Waals surface area contributed by atoms with Crippen molar-refractivity contribution in [2.45, 2.75) is 33.2 Å². The van der Waals surface area contributed by atoms with Crippen molar-refractivity contribution in [2.75, 3.05) is 33.7 Å². The predicted molar refractivity (Wildman–Crippen MR) is 81.7 cm³/mol. The predicted octanol–water partition coefficient (Wildman–Crippen LogP) is 3.04. The molecule has 0 aromatic heterocycles. The van der Waals surface area contributed by atoms with Crippen molar-refractivity contribution in [3.63, 3.8) is 0 Å². The Bertz CT molecular complexity index is 390. The lowest BCUT2D eigenvalue weighted by molar-refractivity contribution is 0.206. The summed E-state index contributed by atoms with van der Waals surface area (Å²) < 4.78 is 0. The zero-order chi connectivity index (χ0) is 14.4. The SMILES string of the molecule is CCN(CCCN(C)C)C(C)c1cc(C)ccc1O. The third-order valence-corrected chi connectivity index (χ3v) is 3.64. The highest BCUT2D eigenvalue weighted by molar-refractivity contribution is 5.37. The van der Waals surface area contributed by atoms with Crippen molar-refractivity contribution >= 4 is 0 Å². The standard InChI is InChI=1S/C16H28N2O/c1-6-18(11-7-10-17(4)5)14(3)15-12-13(2)8-9-16(15)19/h8-9,12,14,19H,6-7,10-11H2,1-5H3. The van der Waals surface area contributed by atoms with Crippen LogP contribution in [0, 0.1) is 6.92 Å². The Kier molecular flexibility index (Phi) is 6.32. The maximum Gasteiger partial charge on any atom is 0.120 e. The van der Waals surface area contributed by atoms with Gasteiger partial charge in [0.25, 0.3) is 0 Å².